The Bertz CT molecular complexity index is 1340. The molecule has 1 aliphatic rings. The SMILES string of the molecule is CCC(Sc1nc2scc(-c3ccccc3)c2c(=O)[nH]1)C(=O)Nc1nnc(C2CCCCC2)s1. The number of aromatic amines is 1. The number of nitrogens with zero attached hydrogens (tertiary/aromatic N) is 3. The number of thiophene rings is 1. The highest BCUT2D eigenvalue weighted by atomic mass is 32.2. The predicted octanol–water partition coefficient (Wildman–Crippen LogP) is 6.06. The second-order valence-electron chi connectivity index (χ2n) is 8.35. The van der Waals surface area contributed by atoms with E-state index in [2.05, 4.69) is 25.5 Å². The van der Waals surface area contributed by atoms with Crippen LogP contribution in [0, 0.1) is 0 Å². The summed E-state index contributed by atoms with van der Waals surface area (Å²) in [7, 11) is 0. The third-order valence-electron chi connectivity index (χ3n) is 6.05. The van der Waals surface area contributed by atoms with Crippen molar-refractivity contribution in [2.75, 3.05) is 5.32 Å². The van der Waals surface area contributed by atoms with Crippen molar-refractivity contribution < 1.29 is 4.79 Å². The minimum Gasteiger partial charge on any atom is -0.301 e. The average molecular weight is 512 g/mol. The third-order valence-corrected chi connectivity index (χ3v) is 9.17. The Balaban J connectivity index is 1.31. The highest BCUT2D eigenvalue weighted by molar-refractivity contribution is 8.00. The molecule has 10 heteroatoms. The van der Waals surface area contributed by atoms with Crippen LogP contribution in [0.1, 0.15) is 56.4 Å². The topological polar surface area (TPSA) is 101 Å². The molecule has 4 aromatic rings. The first kappa shape index (κ1) is 23.2. The molecule has 1 unspecified atom stereocenters. The molecule has 0 spiro atoms. The lowest BCUT2D eigenvalue weighted by atomic mass is 9.90. The second kappa shape index (κ2) is 10.4. The van der Waals surface area contributed by atoms with E-state index >= 15 is 0 Å². The Morgan fingerprint density at radius 3 is 2.76 bits per heavy atom. The molecular weight excluding hydrogens is 486 g/mol. The maximum absolute atomic E-state index is 13.0. The Kier molecular flexibility index (Phi) is 7.07. The summed E-state index contributed by atoms with van der Waals surface area (Å²) < 4.78 is 0. The first-order valence-corrected chi connectivity index (χ1v) is 14.1. The third kappa shape index (κ3) is 4.94. The fraction of sp³-hybridized carbons (Fsp3) is 0.375. The van der Waals surface area contributed by atoms with Gasteiger partial charge in [-0.25, -0.2) is 4.98 Å². The summed E-state index contributed by atoms with van der Waals surface area (Å²) in [6, 6.07) is 9.81. The lowest BCUT2D eigenvalue weighted by Crippen LogP contribution is -2.25. The van der Waals surface area contributed by atoms with Gasteiger partial charge in [0, 0.05) is 16.9 Å². The fourth-order valence-corrected chi connectivity index (χ4v) is 7.08. The van der Waals surface area contributed by atoms with Crippen LogP contribution >= 0.6 is 34.4 Å². The fourth-order valence-electron chi connectivity index (χ4n) is 4.26. The van der Waals surface area contributed by atoms with E-state index in [0.29, 0.717) is 32.8 Å². The van der Waals surface area contributed by atoms with E-state index in [4.69, 9.17) is 0 Å². The van der Waals surface area contributed by atoms with Gasteiger partial charge < -0.3 is 4.98 Å². The summed E-state index contributed by atoms with van der Waals surface area (Å²) in [6.07, 6.45) is 6.63. The number of fused-ring (bicyclic) bond motifs is 1. The monoisotopic (exact) mass is 511 g/mol. The van der Waals surface area contributed by atoms with Gasteiger partial charge in [-0.2, -0.15) is 0 Å². The van der Waals surface area contributed by atoms with Crippen molar-refractivity contribution in [2.24, 2.45) is 0 Å². The number of carbonyl (C=O) groups excluding carboxylic acids is 1. The zero-order chi connectivity index (χ0) is 23.5. The lowest BCUT2D eigenvalue weighted by Gasteiger charge is -2.18. The van der Waals surface area contributed by atoms with Crippen LogP contribution in [0.25, 0.3) is 21.3 Å². The molecule has 0 saturated heterocycles. The number of thioether (sulfide) groups is 1. The minimum absolute atomic E-state index is 0.155. The molecule has 3 aromatic heterocycles. The van der Waals surface area contributed by atoms with Gasteiger partial charge in [0.05, 0.1) is 10.6 Å². The van der Waals surface area contributed by atoms with Crippen LogP contribution in [0.15, 0.2) is 45.7 Å². The average Bonchev–Trinajstić information content (AvgIpc) is 3.51. The number of hydrogen-bond acceptors (Lipinski definition) is 8. The molecule has 3 heterocycles. The summed E-state index contributed by atoms with van der Waals surface area (Å²) in [5.41, 5.74) is 1.67. The van der Waals surface area contributed by atoms with Gasteiger partial charge in [0.1, 0.15) is 9.84 Å². The number of hydrogen-bond donors (Lipinski definition) is 2. The largest absolute Gasteiger partial charge is 0.301 e. The van der Waals surface area contributed by atoms with E-state index in [0.717, 1.165) is 29.0 Å². The number of rotatable bonds is 7. The smallest absolute Gasteiger partial charge is 0.260 e. The van der Waals surface area contributed by atoms with Crippen LogP contribution < -0.4 is 10.9 Å². The summed E-state index contributed by atoms with van der Waals surface area (Å²) in [6.45, 7) is 1.94. The Morgan fingerprint density at radius 2 is 2.00 bits per heavy atom. The van der Waals surface area contributed by atoms with Gasteiger partial charge in [0.2, 0.25) is 11.0 Å². The predicted molar refractivity (Wildman–Crippen MR) is 140 cm³/mol. The van der Waals surface area contributed by atoms with Gasteiger partial charge in [-0.1, -0.05) is 79.6 Å². The van der Waals surface area contributed by atoms with E-state index in [1.54, 1.807) is 0 Å². The maximum Gasteiger partial charge on any atom is 0.260 e. The molecule has 7 nitrogen and oxygen atoms in total. The molecule has 0 bridgehead atoms. The van der Waals surface area contributed by atoms with E-state index in [9.17, 15) is 9.59 Å². The van der Waals surface area contributed by atoms with Crippen LogP contribution in [0.2, 0.25) is 0 Å². The van der Waals surface area contributed by atoms with Crippen LogP contribution in [0.5, 0.6) is 0 Å². The molecule has 5 rings (SSSR count). The molecule has 1 fully saturated rings. The van der Waals surface area contributed by atoms with E-state index in [-0.39, 0.29) is 11.5 Å². The Morgan fingerprint density at radius 1 is 1.21 bits per heavy atom. The Hall–Kier alpha value is -2.56. The van der Waals surface area contributed by atoms with E-state index in [1.807, 2.05) is 42.6 Å². The highest BCUT2D eigenvalue weighted by Gasteiger charge is 2.24. The standard InChI is InChI=1S/C24H25N5O2S3/c1-2-17(19(30)25-24-29-28-21(34-24)15-11-7-4-8-12-15)33-23-26-20(31)18-16(13-32-22(18)27-23)14-9-5-3-6-10-14/h3,5-6,9-10,13,15,17H,2,4,7-8,11-12H2,1H3,(H,25,29,30)(H,26,27,31). The van der Waals surface area contributed by atoms with Gasteiger partial charge in [-0.05, 0) is 24.8 Å². The van der Waals surface area contributed by atoms with Gasteiger partial charge in [0.25, 0.3) is 5.56 Å². The van der Waals surface area contributed by atoms with Crippen molar-refractivity contribution in [1.82, 2.24) is 20.2 Å². The molecule has 1 aliphatic carbocycles. The molecule has 34 heavy (non-hydrogen) atoms. The van der Waals surface area contributed by atoms with Gasteiger partial charge in [0.15, 0.2) is 5.16 Å². The number of benzene rings is 1. The van der Waals surface area contributed by atoms with Crippen LogP contribution in [-0.2, 0) is 4.79 Å². The molecular formula is C24H25N5O2S3. The first-order valence-electron chi connectivity index (χ1n) is 11.5. The van der Waals surface area contributed by atoms with Crippen LogP contribution in [-0.4, -0.2) is 31.3 Å². The van der Waals surface area contributed by atoms with Gasteiger partial charge >= 0.3 is 0 Å². The molecule has 0 aliphatic heterocycles. The van der Waals surface area contributed by atoms with Gasteiger partial charge in [-0.15, -0.1) is 21.5 Å². The van der Waals surface area contributed by atoms with E-state index < -0.39 is 5.25 Å². The number of anilines is 1. The number of nitrogens with one attached hydrogen (secondary N) is 2. The zero-order valence-corrected chi connectivity index (χ0v) is 21.2. The summed E-state index contributed by atoms with van der Waals surface area (Å²) in [5, 5.41) is 15.6. The second-order valence-corrected chi connectivity index (χ2v) is 11.4. The van der Waals surface area contributed by atoms with Crippen molar-refractivity contribution in [3.8, 4) is 11.1 Å². The van der Waals surface area contributed by atoms with Crippen molar-refractivity contribution in [3.05, 3.63) is 51.1 Å². The minimum atomic E-state index is -0.406. The summed E-state index contributed by atoms with van der Waals surface area (Å²) >= 11 is 4.18. The zero-order valence-electron chi connectivity index (χ0n) is 18.7. The van der Waals surface area contributed by atoms with Crippen LogP contribution in [0.4, 0.5) is 5.13 Å². The molecule has 0 radical (unpaired) electrons. The van der Waals surface area contributed by atoms with Crippen molar-refractivity contribution in [3.63, 3.8) is 0 Å². The molecule has 1 atom stereocenters. The van der Waals surface area contributed by atoms with Crippen molar-refractivity contribution >= 4 is 55.7 Å². The molecule has 1 saturated carbocycles. The normalized spacial score (nSPS) is 15.4. The molecule has 2 N–H and O–H groups in total. The molecule has 1 aromatic carbocycles. The number of aromatic nitrogens is 4. The van der Waals surface area contributed by atoms with E-state index in [1.165, 1.54) is 53.7 Å². The van der Waals surface area contributed by atoms with Crippen molar-refractivity contribution in [1.29, 1.82) is 0 Å². The van der Waals surface area contributed by atoms with Crippen LogP contribution in [0.3, 0.4) is 0 Å². The first-order chi connectivity index (χ1) is 16.6. The summed E-state index contributed by atoms with van der Waals surface area (Å²) in [5.74, 6) is 0.304. The summed E-state index contributed by atoms with van der Waals surface area (Å²) in [4.78, 5) is 34.1. The number of H-pyrrole nitrogens is 1. The maximum atomic E-state index is 13.0. The highest BCUT2D eigenvalue weighted by Crippen LogP contribution is 2.36. The molecule has 176 valence electrons. The quantitative estimate of drug-likeness (QED) is 0.231. The lowest BCUT2D eigenvalue weighted by molar-refractivity contribution is -0.115. The number of carbonyl (C=O) groups is 1. The Labute approximate surface area is 209 Å². The van der Waals surface area contributed by atoms with Crippen molar-refractivity contribution in [2.45, 2.75) is 61.8 Å². The van der Waals surface area contributed by atoms with Gasteiger partial charge in [-0.3, -0.25) is 14.9 Å². The molecule has 1 amide bonds. The number of amides is 1.